The van der Waals surface area contributed by atoms with Crippen molar-refractivity contribution in [1.29, 1.82) is 0 Å². The number of amides is 1. The van der Waals surface area contributed by atoms with E-state index in [1.54, 1.807) is 28.5 Å². The molecule has 198 valence electrons. The van der Waals surface area contributed by atoms with Crippen LogP contribution in [0.4, 0.5) is 0 Å². The number of likely N-dealkylation sites (N-methyl/N-ethyl adjacent to an activating group) is 1. The van der Waals surface area contributed by atoms with Crippen LogP contribution in [-0.4, -0.2) is 63.0 Å². The number of aromatic nitrogens is 2. The molecule has 0 aliphatic carbocycles. The zero-order chi connectivity index (χ0) is 26.8. The number of carbonyl (C=O) groups is 2. The summed E-state index contributed by atoms with van der Waals surface area (Å²) in [6.45, 7) is 3.86. The topological polar surface area (TPSA) is 140 Å². The summed E-state index contributed by atoms with van der Waals surface area (Å²) in [5, 5.41) is 21.3. The number of nitrogens with zero attached hydrogens (tertiary/aromatic N) is 3. The minimum Gasteiger partial charge on any atom is -0.458 e. The first-order valence-corrected chi connectivity index (χ1v) is 12.6. The van der Waals surface area contributed by atoms with E-state index in [1.807, 2.05) is 13.0 Å². The third-order valence-corrected chi connectivity index (χ3v) is 7.80. The smallest absolute Gasteiger partial charge is 0.343 e. The van der Waals surface area contributed by atoms with Gasteiger partial charge in [-0.05, 0) is 37.5 Å². The van der Waals surface area contributed by atoms with Gasteiger partial charge in [-0.25, -0.2) is 9.78 Å². The molecule has 1 amide bonds. The number of aliphatic hydroxyl groups is 2. The van der Waals surface area contributed by atoms with E-state index < -0.39 is 18.2 Å². The Morgan fingerprint density at radius 2 is 1.89 bits per heavy atom. The van der Waals surface area contributed by atoms with Crippen LogP contribution in [0.5, 0.6) is 11.5 Å². The second kappa shape index (κ2) is 8.81. The summed E-state index contributed by atoms with van der Waals surface area (Å²) in [7, 11) is 0. The van der Waals surface area contributed by atoms with Crippen molar-refractivity contribution in [3.63, 3.8) is 0 Å². The van der Waals surface area contributed by atoms with Crippen LogP contribution >= 0.6 is 0 Å². The average Bonchev–Trinajstić information content (AvgIpc) is 3.54. The van der Waals surface area contributed by atoms with E-state index in [9.17, 15) is 24.6 Å². The van der Waals surface area contributed by atoms with Gasteiger partial charge in [-0.2, -0.15) is 0 Å². The first kappa shape index (κ1) is 24.4. The minimum atomic E-state index is -1.91. The quantitative estimate of drug-likeness (QED) is 0.358. The fraction of sp³-hybridized carbons (Fsp3) is 0.407. The van der Waals surface area contributed by atoms with Gasteiger partial charge in [-0.15, -0.1) is 0 Å². The first-order valence-electron chi connectivity index (χ1n) is 12.6. The second-order valence-corrected chi connectivity index (χ2v) is 9.62. The van der Waals surface area contributed by atoms with Crippen molar-refractivity contribution in [1.82, 2.24) is 14.5 Å². The number of hydrogen-bond acceptors (Lipinski definition) is 9. The highest BCUT2D eigenvalue weighted by Gasteiger charge is 2.45. The summed E-state index contributed by atoms with van der Waals surface area (Å²) < 4.78 is 17.9. The third kappa shape index (κ3) is 3.42. The maximum absolute atomic E-state index is 13.6. The molecule has 0 saturated heterocycles. The predicted octanol–water partition coefficient (Wildman–Crippen LogP) is 1.19. The molecule has 0 bridgehead atoms. The molecular formula is C27H27N3O8. The molecule has 2 aromatic heterocycles. The molecule has 6 rings (SSSR count). The Kier molecular flexibility index (Phi) is 5.65. The molecule has 3 aliphatic rings. The number of hydrogen-bond donors (Lipinski definition) is 2. The number of pyridine rings is 2. The molecule has 1 unspecified atom stereocenters. The molecule has 0 fully saturated rings. The molecule has 38 heavy (non-hydrogen) atoms. The predicted molar refractivity (Wildman–Crippen MR) is 134 cm³/mol. The molecule has 1 aromatic carbocycles. The number of benzene rings is 1. The number of cyclic esters (lactones) is 1. The number of ether oxygens (including phenoxy) is 3. The monoisotopic (exact) mass is 521 g/mol. The van der Waals surface area contributed by atoms with Gasteiger partial charge in [0.05, 0.1) is 29.0 Å². The van der Waals surface area contributed by atoms with Crippen LogP contribution in [0.1, 0.15) is 42.5 Å². The van der Waals surface area contributed by atoms with Crippen LogP contribution in [0.25, 0.3) is 22.3 Å². The normalized spacial score (nSPS) is 18.7. The zero-order valence-corrected chi connectivity index (χ0v) is 21.1. The van der Waals surface area contributed by atoms with Crippen LogP contribution in [0.15, 0.2) is 23.0 Å². The highest BCUT2D eigenvalue weighted by Crippen LogP contribution is 2.43. The lowest BCUT2D eigenvalue weighted by Crippen LogP contribution is -2.44. The summed E-state index contributed by atoms with van der Waals surface area (Å²) in [4.78, 5) is 44.8. The van der Waals surface area contributed by atoms with E-state index in [1.165, 1.54) is 0 Å². The van der Waals surface area contributed by atoms with Crippen molar-refractivity contribution < 1.29 is 34.0 Å². The van der Waals surface area contributed by atoms with Crippen LogP contribution in [0.2, 0.25) is 0 Å². The summed E-state index contributed by atoms with van der Waals surface area (Å²) in [5.74, 6) is 0.00977. The molecule has 0 radical (unpaired) electrons. The van der Waals surface area contributed by atoms with Crippen molar-refractivity contribution in [3.05, 3.63) is 50.8 Å². The lowest BCUT2D eigenvalue weighted by atomic mass is 9.86. The van der Waals surface area contributed by atoms with Gasteiger partial charge in [0.2, 0.25) is 12.7 Å². The fourth-order valence-corrected chi connectivity index (χ4v) is 5.64. The van der Waals surface area contributed by atoms with Gasteiger partial charge in [-0.1, -0.05) is 6.92 Å². The van der Waals surface area contributed by atoms with E-state index in [0.29, 0.717) is 47.9 Å². The molecule has 3 aliphatic heterocycles. The van der Waals surface area contributed by atoms with Gasteiger partial charge >= 0.3 is 5.97 Å². The Labute approximate surface area is 217 Å². The van der Waals surface area contributed by atoms with Crippen molar-refractivity contribution >= 4 is 22.8 Å². The molecular weight excluding hydrogens is 494 g/mol. The van der Waals surface area contributed by atoms with Crippen molar-refractivity contribution in [2.45, 2.75) is 45.4 Å². The number of esters is 1. The van der Waals surface area contributed by atoms with Gasteiger partial charge < -0.3 is 33.9 Å². The highest BCUT2D eigenvalue weighted by molar-refractivity contribution is 5.91. The molecule has 0 spiro atoms. The second-order valence-electron chi connectivity index (χ2n) is 9.62. The number of aliphatic hydroxyl groups excluding tert-OH is 1. The average molecular weight is 522 g/mol. The third-order valence-electron chi connectivity index (χ3n) is 7.80. The molecule has 0 saturated carbocycles. The van der Waals surface area contributed by atoms with E-state index >= 15 is 0 Å². The summed E-state index contributed by atoms with van der Waals surface area (Å²) in [5.41, 5.74) is 1.66. The molecule has 11 heteroatoms. The summed E-state index contributed by atoms with van der Waals surface area (Å²) in [6, 6.07) is 5.33. The van der Waals surface area contributed by atoms with Gasteiger partial charge in [-0.3, -0.25) is 9.59 Å². The van der Waals surface area contributed by atoms with Gasteiger partial charge in [0.15, 0.2) is 17.1 Å². The molecule has 1 atom stereocenters. The minimum absolute atomic E-state index is 0.0558. The Morgan fingerprint density at radius 1 is 1.13 bits per heavy atom. The SMILES string of the molecule is CCN(CCc1c2c(nc3cc4c(cc13)OCO4)-c1cc3c(c(=O)n1C2)COC(=O)C3(O)CC)C(=O)CO. The van der Waals surface area contributed by atoms with E-state index in [2.05, 4.69) is 0 Å². The van der Waals surface area contributed by atoms with Crippen LogP contribution in [-0.2, 0) is 39.5 Å². The van der Waals surface area contributed by atoms with Crippen molar-refractivity contribution in [3.8, 4) is 22.9 Å². The van der Waals surface area contributed by atoms with E-state index in [-0.39, 0.29) is 49.0 Å². The number of carbonyl (C=O) groups excluding carboxylic acids is 2. The van der Waals surface area contributed by atoms with Crippen LogP contribution in [0, 0.1) is 0 Å². The van der Waals surface area contributed by atoms with Gasteiger partial charge in [0, 0.05) is 35.7 Å². The highest BCUT2D eigenvalue weighted by atomic mass is 16.7. The Balaban J connectivity index is 1.56. The molecule has 2 N–H and O–H groups in total. The zero-order valence-electron chi connectivity index (χ0n) is 21.1. The first-order chi connectivity index (χ1) is 18.3. The Hall–Kier alpha value is -3.96. The van der Waals surface area contributed by atoms with Crippen molar-refractivity contribution in [2.75, 3.05) is 26.5 Å². The van der Waals surface area contributed by atoms with Crippen LogP contribution < -0.4 is 15.0 Å². The van der Waals surface area contributed by atoms with Gasteiger partial charge in [0.25, 0.3) is 5.56 Å². The largest absolute Gasteiger partial charge is 0.458 e. The summed E-state index contributed by atoms with van der Waals surface area (Å²) >= 11 is 0. The summed E-state index contributed by atoms with van der Waals surface area (Å²) in [6.07, 6.45) is 0.504. The van der Waals surface area contributed by atoms with E-state index in [0.717, 1.165) is 16.5 Å². The molecule has 11 nitrogen and oxygen atoms in total. The van der Waals surface area contributed by atoms with Crippen LogP contribution in [0.3, 0.4) is 0 Å². The maximum atomic E-state index is 13.6. The molecule has 3 aromatic rings. The number of rotatable bonds is 6. The standard InChI is InChI=1S/C27H27N3O8/c1-3-27(35)18-8-20-24-16(10-30(20)25(33)17(18)12-36-26(27)34)14(5-6-29(4-2)23(32)11-31)15-7-21-22(38-13-37-21)9-19(15)28-24/h7-9,31,35H,3-6,10-13H2,1-2H3. The Morgan fingerprint density at radius 3 is 2.61 bits per heavy atom. The number of fused-ring (bicyclic) bond motifs is 6. The molecule has 5 heterocycles. The Bertz CT molecular complexity index is 1580. The lowest BCUT2D eigenvalue weighted by Gasteiger charge is -2.31. The maximum Gasteiger partial charge on any atom is 0.343 e. The lowest BCUT2D eigenvalue weighted by molar-refractivity contribution is -0.172. The van der Waals surface area contributed by atoms with E-state index in [4.69, 9.17) is 19.2 Å². The van der Waals surface area contributed by atoms with Crippen molar-refractivity contribution in [2.24, 2.45) is 0 Å². The van der Waals surface area contributed by atoms with Gasteiger partial charge in [0.1, 0.15) is 13.2 Å². The fourth-order valence-electron chi connectivity index (χ4n) is 5.64.